The quantitative estimate of drug-likeness (QED) is 0.662. The van der Waals surface area contributed by atoms with Gasteiger partial charge < -0.3 is 1.43 Å². The molecule has 5 heteroatoms. The van der Waals surface area contributed by atoms with Crippen LogP contribution >= 0.6 is 0 Å². The van der Waals surface area contributed by atoms with Crippen LogP contribution in [0.4, 0.5) is 0 Å². The van der Waals surface area contributed by atoms with Gasteiger partial charge in [0.15, 0.2) is 0 Å². The van der Waals surface area contributed by atoms with E-state index in [2.05, 4.69) is 13.8 Å². The first-order valence-corrected chi connectivity index (χ1v) is 7.67. The minimum absolute atomic E-state index is 0. The normalized spacial score (nSPS) is 11.7. The van der Waals surface area contributed by atoms with Crippen LogP contribution in [0, 0.1) is 13.8 Å². The summed E-state index contributed by atoms with van der Waals surface area (Å²) in [6, 6.07) is 7.47. The smallest absolute Gasteiger partial charge is 1.00 e. The van der Waals surface area contributed by atoms with Gasteiger partial charge in [0.25, 0.3) is 10.1 Å². The van der Waals surface area contributed by atoms with Crippen LogP contribution in [0.15, 0.2) is 29.2 Å². The summed E-state index contributed by atoms with van der Waals surface area (Å²) >= 11 is 0. The molecule has 0 bridgehead atoms. The number of fused-ring (bicyclic) bond motifs is 1. The van der Waals surface area contributed by atoms with Crippen molar-refractivity contribution in [2.45, 2.75) is 38.5 Å². The van der Waals surface area contributed by atoms with E-state index in [0.29, 0.717) is 11.5 Å². The molecule has 3 nitrogen and oxygen atoms in total. The van der Waals surface area contributed by atoms with Gasteiger partial charge in [-0.05, 0) is 48.1 Å². The van der Waals surface area contributed by atoms with Gasteiger partial charge in [-0.2, -0.15) is 8.42 Å². The third kappa shape index (κ3) is 3.26. The molecule has 0 atom stereocenters. The molecule has 0 amide bonds. The van der Waals surface area contributed by atoms with E-state index in [1.165, 1.54) is 6.07 Å². The third-order valence-electron chi connectivity index (χ3n) is 3.46. The Morgan fingerprint density at radius 3 is 2.20 bits per heavy atom. The molecule has 104 valence electrons. The first-order chi connectivity index (χ1) is 8.71. The molecule has 0 heterocycles. The van der Waals surface area contributed by atoms with E-state index in [1.54, 1.807) is 0 Å². The zero-order chi connectivity index (χ0) is 14.4. The molecule has 0 aromatic heterocycles. The summed E-state index contributed by atoms with van der Waals surface area (Å²) < 4.78 is 32.3. The van der Waals surface area contributed by atoms with Gasteiger partial charge in [0.05, 0.1) is 0 Å². The Bertz CT molecular complexity index is 711. The zero-order valence-electron chi connectivity index (χ0n) is 13.6. The summed E-state index contributed by atoms with van der Waals surface area (Å²) in [6.45, 7) is 7.91. The molecule has 0 saturated carbocycles. The summed E-state index contributed by atoms with van der Waals surface area (Å²) in [4.78, 5) is 0.00315. The Balaban J connectivity index is 0.00000200. The van der Waals surface area contributed by atoms with E-state index in [9.17, 15) is 13.0 Å². The fraction of sp³-hybridized carbons (Fsp3) is 0.333. The van der Waals surface area contributed by atoms with Crippen molar-refractivity contribution in [3.8, 4) is 11.1 Å². The predicted molar refractivity (Wildman–Crippen MR) is 77.6 cm³/mol. The van der Waals surface area contributed by atoms with Gasteiger partial charge in [-0.1, -0.05) is 32.0 Å². The van der Waals surface area contributed by atoms with Crippen molar-refractivity contribution < 1.29 is 44.0 Å². The Labute approximate surface area is 144 Å². The minimum atomic E-state index is -4.19. The van der Waals surface area contributed by atoms with E-state index >= 15 is 0 Å². The fourth-order valence-corrected chi connectivity index (χ4v) is 3.21. The van der Waals surface area contributed by atoms with Gasteiger partial charge in [-0.3, -0.25) is 4.55 Å². The van der Waals surface area contributed by atoms with Crippen molar-refractivity contribution in [1.29, 1.82) is 0 Å². The number of aryl methyl sites for hydroxylation is 2. The second kappa shape index (κ2) is 6.16. The fourth-order valence-electron chi connectivity index (χ4n) is 2.35. The van der Waals surface area contributed by atoms with Crippen LogP contribution in [-0.4, -0.2) is 13.0 Å². The standard InChI is InChI=1S/C15H18O3S.Na.H/c1-9(2)12-6-5-10(3)15-13(8-12)11(4)7-14(15)19(16,17)18;;/h5-9H,1-4H3,(H,16,17,18);;/q;+1;-1. The van der Waals surface area contributed by atoms with Crippen molar-refractivity contribution in [2.24, 2.45) is 0 Å². The van der Waals surface area contributed by atoms with E-state index in [0.717, 1.165) is 22.3 Å². The molecule has 0 fully saturated rings. The first kappa shape index (κ1) is 17.7. The Morgan fingerprint density at radius 1 is 1.10 bits per heavy atom. The van der Waals surface area contributed by atoms with E-state index in [4.69, 9.17) is 0 Å². The topological polar surface area (TPSA) is 54.4 Å². The monoisotopic (exact) mass is 302 g/mol. The van der Waals surface area contributed by atoms with Gasteiger partial charge >= 0.3 is 29.6 Å². The average Bonchev–Trinajstić information content (AvgIpc) is 2.50. The zero-order valence-corrected chi connectivity index (χ0v) is 15.4. The molecular weight excluding hydrogens is 283 g/mol. The molecule has 0 aliphatic heterocycles. The van der Waals surface area contributed by atoms with Crippen LogP contribution in [0.2, 0.25) is 0 Å². The summed E-state index contributed by atoms with van der Waals surface area (Å²) in [5, 5.41) is 0. The van der Waals surface area contributed by atoms with Crippen molar-refractivity contribution in [3.63, 3.8) is 0 Å². The number of hydrogen-bond donors (Lipinski definition) is 1. The van der Waals surface area contributed by atoms with Crippen molar-refractivity contribution in [3.05, 3.63) is 41.0 Å². The molecule has 0 radical (unpaired) electrons. The molecule has 0 aromatic carbocycles. The molecule has 0 unspecified atom stereocenters. The van der Waals surface area contributed by atoms with Crippen LogP contribution in [0.3, 0.4) is 0 Å². The summed E-state index contributed by atoms with van der Waals surface area (Å²) in [5.41, 5.74) is 4.37. The van der Waals surface area contributed by atoms with Crippen molar-refractivity contribution in [1.82, 2.24) is 0 Å². The minimum Gasteiger partial charge on any atom is -1.00 e. The second-order valence-corrected chi connectivity index (χ2v) is 6.66. The summed E-state index contributed by atoms with van der Waals surface area (Å²) in [6.07, 6.45) is 0. The Morgan fingerprint density at radius 2 is 1.70 bits per heavy atom. The molecule has 0 aromatic rings. The van der Waals surface area contributed by atoms with Gasteiger partial charge in [0, 0.05) is 5.56 Å². The maximum Gasteiger partial charge on any atom is 1.00 e. The maximum atomic E-state index is 11.5. The van der Waals surface area contributed by atoms with Gasteiger partial charge in [0.1, 0.15) is 4.90 Å². The maximum absolute atomic E-state index is 11.5. The average molecular weight is 302 g/mol. The van der Waals surface area contributed by atoms with Crippen LogP contribution < -0.4 is 29.6 Å². The molecular formula is C15H19NaO3S. The number of hydrogen-bond acceptors (Lipinski definition) is 2. The molecule has 0 saturated heterocycles. The summed E-state index contributed by atoms with van der Waals surface area (Å²) in [7, 11) is -4.19. The predicted octanol–water partition coefficient (Wildman–Crippen LogP) is 0.895. The van der Waals surface area contributed by atoms with Crippen molar-refractivity contribution >= 4 is 10.1 Å². The van der Waals surface area contributed by atoms with Crippen LogP contribution in [0.25, 0.3) is 11.1 Å². The Hall–Kier alpha value is -0.390. The molecule has 0 spiro atoms. The van der Waals surface area contributed by atoms with Gasteiger partial charge in [-0.15, -0.1) is 0 Å². The molecule has 1 N–H and O–H groups in total. The van der Waals surface area contributed by atoms with Crippen LogP contribution in [0.5, 0.6) is 0 Å². The molecule has 2 rings (SSSR count). The van der Waals surface area contributed by atoms with Gasteiger partial charge in [0.2, 0.25) is 0 Å². The van der Waals surface area contributed by atoms with Crippen LogP contribution in [0.1, 0.15) is 37.9 Å². The van der Waals surface area contributed by atoms with Crippen LogP contribution in [-0.2, 0) is 10.1 Å². The Kier molecular flexibility index (Phi) is 5.44. The third-order valence-corrected chi connectivity index (χ3v) is 4.34. The van der Waals surface area contributed by atoms with E-state index in [-0.39, 0.29) is 35.9 Å². The first-order valence-electron chi connectivity index (χ1n) is 6.23. The molecule has 2 aliphatic carbocycles. The van der Waals surface area contributed by atoms with Gasteiger partial charge in [-0.25, -0.2) is 0 Å². The largest absolute Gasteiger partial charge is 1.00 e. The number of rotatable bonds is 2. The van der Waals surface area contributed by atoms with E-state index < -0.39 is 10.1 Å². The second-order valence-electron chi connectivity index (χ2n) is 5.27. The van der Waals surface area contributed by atoms with E-state index in [1.807, 2.05) is 32.0 Å². The molecule has 2 aliphatic rings. The molecule has 20 heavy (non-hydrogen) atoms. The van der Waals surface area contributed by atoms with Crippen molar-refractivity contribution in [2.75, 3.05) is 0 Å². The summed E-state index contributed by atoms with van der Waals surface area (Å²) in [5.74, 6) is 0.360. The SMILES string of the molecule is Cc1cc(S(=O)(=O)O)c2c(C)ccc(C(C)C)cc1-2.[H-].[Na+].